The number of anilines is 1. The normalized spacial score (nSPS) is 10.7. The molecule has 0 radical (unpaired) electrons. The number of nitrogens with zero attached hydrogens (tertiary/aromatic N) is 2. The first-order valence-electron chi connectivity index (χ1n) is 5.80. The number of nitrogens with two attached hydrogens (primary N) is 1. The largest absolute Gasteiger partial charge is 0.397 e. The number of nitrogen functional groups attached to an aromatic ring is 1. The smallest absolute Gasteiger partial charge is 0.260 e. The van der Waals surface area contributed by atoms with Gasteiger partial charge in [0.1, 0.15) is 0 Å². The molecular weight excluding hydrogens is 386 g/mol. The van der Waals surface area contributed by atoms with Crippen LogP contribution in [0.15, 0.2) is 55.9 Å². The van der Waals surface area contributed by atoms with Crippen LogP contribution in [0, 0.1) is 0 Å². The van der Waals surface area contributed by atoms with Gasteiger partial charge in [0.15, 0.2) is 0 Å². The van der Waals surface area contributed by atoms with E-state index in [1.165, 1.54) is 0 Å². The monoisotopic (exact) mass is 393 g/mol. The summed E-state index contributed by atoms with van der Waals surface area (Å²) in [7, 11) is 0. The Hall–Kier alpha value is -1.66. The number of benzene rings is 2. The van der Waals surface area contributed by atoms with E-state index in [4.69, 9.17) is 10.3 Å². The quantitative estimate of drug-likeness (QED) is 0.649. The van der Waals surface area contributed by atoms with Crippen molar-refractivity contribution in [2.45, 2.75) is 0 Å². The first-order valence-corrected chi connectivity index (χ1v) is 7.38. The van der Waals surface area contributed by atoms with Crippen LogP contribution in [-0.4, -0.2) is 10.1 Å². The van der Waals surface area contributed by atoms with E-state index < -0.39 is 0 Å². The lowest BCUT2D eigenvalue weighted by atomic mass is 10.2. The molecule has 3 rings (SSSR count). The fraction of sp³-hybridized carbons (Fsp3) is 0. The van der Waals surface area contributed by atoms with Gasteiger partial charge in [-0.25, -0.2) is 0 Å². The van der Waals surface area contributed by atoms with Gasteiger partial charge >= 0.3 is 0 Å². The van der Waals surface area contributed by atoms with E-state index in [1.807, 2.05) is 42.5 Å². The fourth-order valence-corrected chi connectivity index (χ4v) is 2.64. The van der Waals surface area contributed by atoms with Crippen molar-refractivity contribution in [3.63, 3.8) is 0 Å². The molecule has 1 aromatic heterocycles. The van der Waals surface area contributed by atoms with Crippen LogP contribution in [0.25, 0.3) is 22.8 Å². The Morgan fingerprint density at radius 1 is 0.900 bits per heavy atom. The summed E-state index contributed by atoms with van der Waals surface area (Å²) in [5.74, 6) is 0.918. The molecule has 0 saturated carbocycles. The maximum Gasteiger partial charge on any atom is 0.260 e. The van der Waals surface area contributed by atoms with Crippen LogP contribution in [0.3, 0.4) is 0 Å². The lowest BCUT2D eigenvalue weighted by Gasteiger charge is -2.01. The van der Waals surface area contributed by atoms with Crippen LogP contribution in [-0.2, 0) is 0 Å². The van der Waals surface area contributed by atoms with Gasteiger partial charge in [-0.2, -0.15) is 4.98 Å². The van der Waals surface area contributed by atoms with Crippen LogP contribution in [0.2, 0.25) is 0 Å². The first-order chi connectivity index (χ1) is 9.66. The standard InChI is InChI=1S/C14H9Br2N3O/c15-10-6-2-1-4-8(10)13-18-14(20-19-13)9-5-3-7-11(16)12(9)17/h1-7H,17H2. The molecule has 0 spiro atoms. The van der Waals surface area contributed by atoms with Crippen LogP contribution >= 0.6 is 31.9 Å². The Morgan fingerprint density at radius 2 is 1.60 bits per heavy atom. The molecule has 0 aliphatic carbocycles. The maximum absolute atomic E-state index is 6.01. The van der Waals surface area contributed by atoms with Crippen molar-refractivity contribution in [2.75, 3.05) is 5.73 Å². The Morgan fingerprint density at radius 3 is 2.40 bits per heavy atom. The molecule has 1 heterocycles. The Bertz CT molecular complexity index is 771. The van der Waals surface area contributed by atoms with Crippen molar-refractivity contribution in [3.8, 4) is 22.8 Å². The summed E-state index contributed by atoms with van der Waals surface area (Å²) in [4.78, 5) is 4.40. The molecule has 0 aliphatic rings. The van der Waals surface area contributed by atoms with Crippen molar-refractivity contribution >= 4 is 37.5 Å². The molecule has 6 heteroatoms. The Labute approximate surface area is 132 Å². The highest BCUT2D eigenvalue weighted by Crippen LogP contribution is 2.32. The number of hydrogen-bond acceptors (Lipinski definition) is 4. The topological polar surface area (TPSA) is 64.9 Å². The summed E-state index contributed by atoms with van der Waals surface area (Å²) in [6.07, 6.45) is 0. The molecule has 3 aromatic rings. The summed E-state index contributed by atoms with van der Waals surface area (Å²) in [6, 6.07) is 13.3. The van der Waals surface area contributed by atoms with Crippen molar-refractivity contribution < 1.29 is 4.52 Å². The zero-order chi connectivity index (χ0) is 14.1. The fourth-order valence-electron chi connectivity index (χ4n) is 1.81. The van der Waals surface area contributed by atoms with Gasteiger partial charge < -0.3 is 10.3 Å². The summed E-state index contributed by atoms with van der Waals surface area (Å²) < 4.78 is 7.03. The molecule has 100 valence electrons. The van der Waals surface area contributed by atoms with Gasteiger partial charge in [0.25, 0.3) is 5.89 Å². The van der Waals surface area contributed by atoms with Crippen LogP contribution in [0.1, 0.15) is 0 Å². The van der Waals surface area contributed by atoms with Crippen molar-refractivity contribution in [3.05, 3.63) is 51.4 Å². The van der Waals surface area contributed by atoms with E-state index in [2.05, 4.69) is 42.0 Å². The molecule has 4 nitrogen and oxygen atoms in total. The maximum atomic E-state index is 6.01. The molecule has 0 fully saturated rings. The van der Waals surface area contributed by atoms with Crippen LogP contribution in [0.4, 0.5) is 5.69 Å². The SMILES string of the molecule is Nc1c(Br)cccc1-c1nc(-c2ccccc2Br)no1. The number of halogens is 2. The summed E-state index contributed by atoms with van der Waals surface area (Å²) in [5, 5.41) is 4.01. The second-order valence-corrected chi connectivity index (χ2v) is 5.81. The highest BCUT2D eigenvalue weighted by Gasteiger charge is 2.15. The van der Waals surface area contributed by atoms with Gasteiger partial charge in [0.05, 0.1) is 11.3 Å². The van der Waals surface area contributed by atoms with Crippen molar-refractivity contribution in [2.24, 2.45) is 0 Å². The minimum Gasteiger partial charge on any atom is -0.397 e. The first kappa shape index (κ1) is 13.3. The lowest BCUT2D eigenvalue weighted by molar-refractivity contribution is 0.432. The summed E-state index contributed by atoms with van der Waals surface area (Å²) in [5.41, 5.74) is 8.17. The average Bonchev–Trinajstić information content (AvgIpc) is 2.92. The molecule has 0 amide bonds. The van der Waals surface area contributed by atoms with E-state index in [0.29, 0.717) is 23.0 Å². The number of hydrogen-bond donors (Lipinski definition) is 1. The third-order valence-electron chi connectivity index (χ3n) is 2.82. The average molecular weight is 395 g/mol. The molecule has 0 unspecified atom stereocenters. The molecule has 0 saturated heterocycles. The molecular formula is C14H9Br2N3O. The second-order valence-electron chi connectivity index (χ2n) is 4.10. The lowest BCUT2D eigenvalue weighted by Crippen LogP contribution is -1.91. The predicted molar refractivity (Wildman–Crippen MR) is 85.0 cm³/mol. The van der Waals surface area contributed by atoms with Gasteiger partial charge in [-0.1, -0.05) is 39.3 Å². The second kappa shape index (κ2) is 5.38. The minimum absolute atomic E-state index is 0.398. The summed E-state index contributed by atoms with van der Waals surface area (Å²) in [6.45, 7) is 0. The molecule has 20 heavy (non-hydrogen) atoms. The number of para-hydroxylation sites is 1. The molecule has 0 aliphatic heterocycles. The van der Waals surface area contributed by atoms with E-state index in [0.717, 1.165) is 14.5 Å². The van der Waals surface area contributed by atoms with Crippen molar-refractivity contribution in [1.82, 2.24) is 10.1 Å². The van der Waals surface area contributed by atoms with Gasteiger partial charge in [-0.3, -0.25) is 0 Å². The highest BCUT2D eigenvalue weighted by atomic mass is 79.9. The Kier molecular flexibility index (Phi) is 3.58. The van der Waals surface area contributed by atoms with Crippen molar-refractivity contribution in [1.29, 1.82) is 0 Å². The van der Waals surface area contributed by atoms with Crippen LogP contribution < -0.4 is 5.73 Å². The molecule has 2 aromatic carbocycles. The zero-order valence-corrected chi connectivity index (χ0v) is 13.3. The van der Waals surface area contributed by atoms with Gasteiger partial charge in [0.2, 0.25) is 5.82 Å². The molecule has 2 N–H and O–H groups in total. The van der Waals surface area contributed by atoms with E-state index in [9.17, 15) is 0 Å². The number of aromatic nitrogens is 2. The van der Waals surface area contributed by atoms with Crippen LogP contribution in [0.5, 0.6) is 0 Å². The summed E-state index contributed by atoms with van der Waals surface area (Å²) >= 11 is 6.86. The predicted octanol–water partition coefficient (Wildman–Crippen LogP) is 4.51. The minimum atomic E-state index is 0.398. The number of rotatable bonds is 2. The third kappa shape index (κ3) is 2.36. The van der Waals surface area contributed by atoms with E-state index in [1.54, 1.807) is 0 Å². The molecule has 0 atom stereocenters. The highest BCUT2D eigenvalue weighted by molar-refractivity contribution is 9.11. The zero-order valence-electron chi connectivity index (χ0n) is 10.2. The van der Waals surface area contributed by atoms with Gasteiger partial charge in [-0.15, -0.1) is 0 Å². The van der Waals surface area contributed by atoms with Gasteiger partial charge in [-0.05, 0) is 40.2 Å². The third-order valence-corrected chi connectivity index (χ3v) is 4.21. The van der Waals surface area contributed by atoms with E-state index >= 15 is 0 Å². The molecule has 0 bridgehead atoms. The Balaban J connectivity index is 2.07. The van der Waals surface area contributed by atoms with E-state index in [-0.39, 0.29) is 0 Å². The van der Waals surface area contributed by atoms with Gasteiger partial charge in [0, 0.05) is 14.5 Å².